The van der Waals surface area contributed by atoms with E-state index in [1.807, 2.05) is 30.3 Å². The van der Waals surface area contributed by atoms with E-state index < -0.39 is 0 Å². The van der Waals surface area contributed by atoms with Crippen molar-refractivity contribution in [1.82, 2.24) is 5.32 Å². The minimum absolute atomic E-state index is 0.502. The van der Waals surface area contributed by atoms with Gasteiger partial charge in [0, 0.05) is 11.7 Å². The Morgan fingerprint density at radius 2 is 1.90 bits per heavy atom. The van der Waals surface area contributed by atoms with Gasteiger partial charge in [-0.05, 0) is 54.9 Å². The van der Waals surface area contributed by atoms with Crippen molar-refractivity contribution in [2.24, 2.45) is 17.8 Å². The second-order valence-electron chi connectivity index (χ2n) is 6.40. The Bertz CT molecular complexity index is 430. The molecule has 0 amide bonds. The lowest BCUT2D eigenvalue weighted by atomic mass is 9.74. The molecule has 0 aromatic heterocycles. The molecule has 0 heterocycles. The molecule has 2 rings (SSSR count). The highest BCUT2D eigenvalue weighted by Crippen LogP contribution is 2.33. The van der Waals surface area contributed by atoms with E-state index >= 15 is 0 Å². The van der Waals surface area contributed by atoms with Crippen LogP contribution in [0.25, 0.3) is 0 Å². The van der Waals surface area contributed by atoms with E-state index in [0.717, 1.165) is 22.6 Å². The van der Waals surface area contributed by atoms with Crippen molar-refractivity contribution in [2.75, 3.05) is 5.32 Å². The van der Waals surface area contributed by atoms with Crippen molar-refractivity contribution in [3.63, 3.8) is 0 Å². The first-order valence-corrected chi connectivity index (χ1v) is 8.09. The molecule has 0 radical (unpaired) electrons. The summed E-state index contributed by atoms with van der Waals surface area (Å²) in [5.41, 5.74) is 1.05. The number of para-hydroxylation sites is 1. The molecule has 0 bridgehead atoms. The van der Waals surface area contributed by atoms with Crippen LogP contribution in [-0.4, -0.2) is 11.2 Å². The number of hydrogen-bond donors (Lipinski definition) is 2. The molecule has 1 aliphatic carbocycles. The van der Waals surface area contributed by atoms with E-state index in [-0.39, 0.29) is 0 Å². The van der Waals surface area contributed by atoms with Crippen LogP contribution in [0.5, 0.6) is 0 Å². The molecule has 0 spiro atoms. The maximum Gasteiger partial charge on any atom is 0.171 e. The van der Waals surface area contributed by atoms with Crippen molar-refractivity contribution in [1.29, 1.82) is 0 Å². The monoisotopic (exact) mass is 290 g/mol. The van der Waals surface area contributed by atoms with Crippen LogP contribution in [0.15, 0.2) is 30.3 Å². The molecule has 110 valence electrons. The quantitative estimate of drug-likeness (QED) is 0.805. The first kappa shape index (κ1) is 15.3. The van der Waals surface area contributed by atoms with E-state index in [2.05, 4.69) is 31.4 Å². The van der Waals surface area contributed by atoms with E-state index in [0.29, 0.717) is 12.0 Å². The van der Waals surface area contributed by atoms with Gasteiger partial charge >= 0.3 is 0 Å². The van der Waals surface area contributed by atoms with Crippen molar-refractivity contribution in [3.05, 3.63) is 30.3 Å². The lowest BCUT2D eigenvalue weighted by Gasteiger charge is -2.38. The van der Waals surface area contributed by atoms with Crippen LogP contribution < -0.4 is 10.6 Å². The number of rotatable bonds is 3. The third kappa shape index (κ3) is 4.20. The average molecular weight is 290 g/mol. The van der Waals surface area contributed by atoms with Gasteiger partial charge in [-0.1, -0.05) is 45.4 Å². The molecule has 0 unspecified atom stereocenters. The molecule has 2 N–H and O–H groups in total. The smallest absolute Gasteiger partial charge is 0.171 e. The first-order valence-electron chi connectivity index (χ1n) is 7.69. The third-order valence-electron chi connectivity index (χ3n) is 4.37. The van der Waals surface area contributed by atoms with E-state index in [9.17, 15) is 0 Å². The molecule has 0 aliphatic heterocycles. The number of hydrogen-bond acceptors (Lipinski definition) is 1. The summed E-state index contributed by atoms with van der Waals surface area (Å²) in [4.78, 5) is 0. The standard InChI is InChI=1S/C17H26N2S/c1-12(2)15-10-9-13(3)11-16(15)19-17(20)18-14-7-5-4-6-8-14/h4-8,12-13,15-16H,9-11H2,1-3H3,(H2,18,19,20)/t13-,15+,16-/m1/s1. The minimum Gasteiger partial charge on any atom is -0.359 e. The van der Waals surface area contributed by atoms with Gasteiger partial charge in [0.25, 0.3) is 0 Å². The highest BCUT2D eigenvalue weighted by Gasteiger charge is 2.30. The predicted molar refractivity (Wildman–Crippen MR) is 90.9 cm³/mol. The summed E-state index contributed by atoms with van der Waals surface area (Å²) in [6.07, 6.45) is 3.88. The minimum atomic E-state index is 0.502. The predicted octanol–water partition coefficient (Wildman–Crippen LogP) is 4.43. The zero-order chi connectivity index (χ0) is 14.5. The molecule has 0 saturated heterocycles. The topological polar surface area (TPSA) is 24.1 Å². The Morgan fingerprint density at radius 1 is 1.20 bits per heavy atom. The van der Waals surface area contributed by atoms with Crippen molar-refractivity contribution < 1.29 is 0 Å². The molecule has 1 aromatic carbocycles. The highest BCUT2D eigenvalue weighted by molar-refractivity contribution is 7.80. The first-order chi connectivity index (χ1) is 9.56. The van der Waals surface area contributed by atoms with Crippen LogP contribution >= 0.6 is 12.2 Å². The van der Waals surface area contributed by atoms with Crippen LogP contribution in [-0.2, 0) is 0 Å². The summed E-state index contributed by atoms with van der Waals surface area (Å²) >= 11 is 5.47. The molecular formula is C17H26N2S. The lowest BCUT2D eigenvalue weighted by molar-refractivity contribution is 0.186. The normalized spacial score (nSPS) is 26.3. The Morgan fingerprint density at radius 3 is 2.55 bits per heavy atom. The van der Waals surface area contributed by atoms with Crippen LogP contribution in [0, 0.1) is 17.8 Å². The molecule has 1 aromatic rings. The van der Waals surface area contributed by atoms with Crippen LogP contribution in [0.4, 0.5) is 5.69 Å². The molecule has 3 atom stereocenters. The van der Waals surface area contributed by atoms with Crippen LogP contribution in [0.1, 0.15) is 40.0 Å². The highest BCUT2D eigenvalue weighted by atomic mass is 32.1. The number of thiocarbonyl (C=S) groups is 1. The molecule has 1 aliphatic rings. The Hall–Kier alpha value is -1.09. The molecular weight excluding hydrogens is 264 g/mol. The van der Waals surface area contributed by atoms with Gasteiger partial charge in [0.05, 0.1) is 0 Å². The third-order valence-corrected chi connectivity index (χ3v) is 4.59. The van der Waals surface area contributed by atoms with Gasteiger partial charge < -0.3 is 10.6 Å². The number of anilines is 1. The van der Waals surface area contributed by atoms with Crippen molar-refractivity contribution in [2.45, 2.75) is 46.1 Å². The van der Waals surface area contributed by atoms with Crippen molar-refractivity contribution >= 4 is 23.0 Å². The zero-order valence-corrected chi connectivity index (χ0v) is 13.5. The number of benzene rings is 1. The zero-order valence-electron chi connectivity index (χ0n) is 12.7. The van der Waals surface area contributed by atoms with Gasteiger partial charge in [0.2, 0.25) is 0 Å². The molecule has 1 saturated carbocycles. The summed E-state index contributed by atoms with van der Waals surface area (Å²) in [7, 11) is 0. The molecule has 3 heteroatoms. The average Bonchev–Trinajstić information content (AvgIpc) is 2.39. The molecule has 2 nitrogen and oxygen atoms in total. The Balaban J connectivity index is 1.94. The van der Waals surface area contributed by atoms with E-state index in [4.69, 9.17) is 12.2 Å². The fourth-order valence-electron chi connectivity index (χ4n) is 3.23. The second-order valence-corrected chi connectivity index (χ2v) is 6.81. The van der Waals surface area contributed by atoms with Gasteiger partial charge in [0.15, 0.2) is 5.11 Å². The van der Waals surface area contributed by atoms with Gasteiger partial charge in [-0.2, -0.15) is 0 Å². The maximum absolute atomic E-state index is 5.47. The van der Waals surface area contributed by atoms with E-state index in [1.54, 1.807) is 0 Å². The second kappa shape index (κ2) is 7.07. The molecule has 20 heavy (non-hydrogen) atoms. The Kier molecular flexibility index (Phi) is 5.41. The summed E-state index contributed by atoms with van der Waals surface area (Å²) in [6, 6.07) is 10.6. The SMILES string of the molecule is CC(C)[C@@H]1CC[C@@H](C)C[C@H]1NC(=S)Nc1ccccc1. The van der Waals surface area contributed by atoms with E-state index in [1.165, 1.54) is 19.3 Å². The van der Waals surface area contributed by atoms with Gasteiger partial charge in [-0.25, -0.2) is 0 Å². The summed E-state index contributed by atoms with van der Waals surface area (Å²) in [5, 5.41) is 7.58. The van der Waals surface area contributed by atoms with Gasteiger partial charge in [-0.3, -0.25) is 0 Å². The molecule has 1 fully saturated rings. The summed E-state index contributed by atoms with van der Waals surface area (Å²) < 4.78 is 0. The Labute approximate surface area is 128 Å². The summed E-state index contributed by atoms with van der Waals surface area (Å²) in [6.45, 7) is 6.99. The fourth-order valence-corrected chi connectivity index (χ4v) is 3.49. The van der Waals surface area contributed by atoms with Gasteiger partial charge in [-0.15, -0.1) is 0 Å². The van der Waals surface area contributed by atoms with Crippen LogP contribution in [0.2, 0.25) is 0 Å². The largest absolute Gasteiger partial charge is 0.359 e. The van der Waals surface area contributed by atoms with Gasteiger partial charge in [0.1, 0.15) is 0 Å². The van der Waals surface area contributed by atoms with Crippen LogP contribution in [0.3, 0.4) is 0 Å². The lowest BCUT2D eigenvalue weighted by Crippen LogP contribution is -2.47. The fraction of sp³-hybridized carbons (Fsp3) is 0.588. The summed E-state index contributed by atoms with van der Waals surface area (Å²) in [5.74, 6) is 2.23. The maximum atomic E-state index is 5.47. The van der Waals surface area contributed by atoms with Crippen molar-refractivity contribution in [3.8, 4) is 0 Å². The number of nitrogens with one attached hydrogen (secondary N) is 2.